The summed E-state index contributed by atoms with van der Waals surface area (Å²) >= 11 is 17.9. The summed E-state index contributed by atoms with van der Waals surface area (Å²) in [7, 11) is 0. The summed E-state index contributed by atoms with van der Waals surface area (Å²) in [6.45, 7) is 4.12. The molecule has 0 bridgehead atoms. The number of alkyl halides is 1. The molecule has 1 unspecified atom stereocenters. The lowest BCUT2D eigenvalue weighted by atomic mass is 10.0. The Morgan fingerprint density at radius 1 is 1.24 bits per heavy atom. The first-order valence-electron chi connectivity index (χ1n) is 5.14. The third-order valence-electron chi connectivity index (χ3n) is 2.76. The highest BCUT2D eigenvalue weighted by Gasteiger charge is 2.18. The van der Waals surface area contributed by atoms with Crippen LogP contribution in [0.3, 0.4) is 0 Å². The topological polar surface area (TPSA) is 0 Å². The number of hydrogen-bond acceptors (Lipinski definition) is 1. The van der Waals surface area contributed by atoms with E-state index in [1.54, 1.807) is 11.3 Å². The summed E-state index contributed by atoms with van der Waals surface area (Å²) < 4.78 is 1.04. The van der Waals surface area contributed by atoms with Crippen LogP contribution in [0.25, 0.3) is 0 Å². The number of benzene rings is 1. The van der Waals surface area contributed by atoms with Crippen LogP contribution in [0.15, 0.2) is 28.1 Å². The van der Waals surface area contributed by atoms with Crippen molar-refractivity contribution in [2.24, 2.45) is 0 Å². The lowest BCUT2D eigenvalue weighted by molar-refractivity contribution is 1.15. The Morgan fingerprint density at radius 3 is 2.47 bits per heavy atom. The van der Waals surface area contributed by atoms with E-state index in [-0.39, 0.29) is 5.38 Å². The fourth-order valence-electron chi connectivity index (χ4n) is 1.63. The molecule has 2 rings (SSSR count). The van der Waals surface area contributed by atoms with Crippen LogP contribution in [0.1, 0.15) is 26.9 Å². The molecule has 17 heavy (non-hydrogen) atoms. The molecule has 0 spiro atoms. The van der Waals surface area contributed by atoms with E-state index >= 15 is 0 Å². The van der Waals surface area contributed by atoms with Gasteiger partial charge in [0, 0.05) is 14.4 Å². The van der Waals surface area contributed by atoms with Gasteiger partial charge in [0.2, 0.25) is 0 Å². The van der Waals surface area contributed by atoms with Gasteiger partial charge in [-0.15, -0.1) is 22.9 Å². The Morgan fingerprint density at radius 2 is 1.88 bits per heavy atom. The van der Waals surface area contributed by atoms with Crippen LogP contribution in [0, 0.1) is 13.8 Å². The number of hydrogen-bond donors (Lipinski definition) is 0. The van der Waals surface area contributed by atoms with Gasteiger partial charge in [0.1, 0.15) is 0 Å². The zero-order valence-corrected chi connectivity index (χ0v) is 13.3. The van der Waals surface area contributed by atoms with Crippen molar-refractivity contribution in [3.05, 3.63) is 54.6 Å². The smallest absolute Gasteiger partial charge is 0.0953 e. The molecule has 1 aromatic carbocycles. The number of aryl methyl sites for hydroxylation is 2. The van der Waals surface area contributed by atoms with Gasteiger partial charge in [-0.05, 0) is 64.0 Å². The van der Waals surface area contributed by atoms with Gasteiger partial charge in [-0.25, -0.2) is 0 Å². The van der Waals surface area contributed by atoms with Gasteiger partial charge >= 0.3 is 0 Å². The highest BCUT2D eigenvalue weighted by atomic mass is 79.9. The summed E-state index contributed by atoms with van der Waals surface area (Å²) in [6, 6.07) is 6.05. The van der Waals surface area contributed by atoms with Gasteiger partial charge in [0.05, 0.1) is 5.38 Å². The fraction of sp³-hybridized carbons (Fsp3) is 0.231. The minimum atomic E-state index is -0.198. The zero-order valence-electron chi connectivity index (χ0n) is 9.43. The van der Waals surface area contributed by atoms with E-state index < -0.39 is 0 Å². The lowest BCUT2D eigenvalue weighted by Crippen LogP contribution is -1.95. The van der Waals surface area contributed by atoms with Crippen molar-refractivity contribution in [1.82, 2.24) is 0 Å². The largest absolute Gasteiger partial charge is 0.146 e. The minimum Gasteiger partial charge on any atom is -0.146 e. The van der Waals surface area contributed by atoms with E-state index in [1.165, 1.54) is 11.1 Å². The minimum absolute atomic E-state index is 0.198. The van der Waals surface area contributed by atoms with Gasteiger partial charge in [-0.3, -0.25) is 0 Å². The van der Waals surface area contributed by atoms with Crippen molar-refractivity contribution in [2.75, 3.05) is 0 Å². The van der Waals surface area contributed by atoms with E-state index in [0.717, 1.165) is 19.9 Å². The summed E-state index contributed by atoms with van der Waals surface area (Å²) in [5.41, 5.74) is 3.37. The molecule has 1 heterocycles. The summed E-state index contributed by atoms with van der Waals surface area (Å²) in [5.74, 6) is 0. The highest BCUT2D eigenvalue weighted by Crippen LogP contribution is 2.40. The maximum Gasteiger partial charge on any atom is 0.0953 e. The molecule has 0 aliphatic carbocycles. The molecule has 0 aliphatic rings. The summed E-state index contributed by atoms with van der Waals surface area (Å²) in [6.07, 6.45) is 0. The predicted octanol–water partition coefficient (Wildman–Crippen LogP) is 6.11. The molecule has 0 aliphatic heterocycles. The third kappa shape index (κ3) is 2.70. The number of halogens is 3. The van der Waals surface area contributed by atoms with Gasteiger partial charge in [0.25, 0.3) is 0 Å². The van der Waals surface area contributed by atoms with Crippen LogP contribution in [-0.2, 0) is 0 Å². The average Bonchev–Trinajstić information content (AvgIpc) is 2.69. The van der Waals surface area contributed by atoms with Crippen molar-refractivity contribution >= 4 is 50.5 Å². The summed E-state index contributed by atoms with van der Waals surface area (Å²) in [5, 5.41) is 2.55. The van der Waals surface area contributed by atoms with Crippen LogP contribution in [0.2, 0.25) is 5.02 Å². The van der Waals surface area contributed by atoms with Crippen LogP contribution < -0.4 is 0 Å². The van der Waals surface area contributed by atoms with E-state index in [4.69, 9.17) is 23.2 Å². The second-order valence-electron chi connectivity index (χ2n) is 3.95. The molecular weight excluding hydrogens is 339 g/mol. The van der Waals surface area contributed by atoms with Crippen molar-refractivity contribution in [3.63, 3.8) is 0 Å². The van der Waals surface area contributed by atoms with Crippen molar-refractivity contribution in [1.29, 1.82) is 0 Å². The molecule has 1 aromatic heterocycles. The standard InChI is InChI=1S/C13H11BrCl2S/c1-7-5-9(11(15)6-8(7)2)12(16)13-10(14)3-4-17-13/h3-6,12H,1-2H3. The normalized spacial score (nSPS) is 12.8. The van der Waals surface area contributed by atoms with Crippen molar-refractivity contribution in [3.8, 4) is 0 Å². The first-order valence-corrected chi connectivity index (χ1v) is 7.63. The Bertz CT molecular complexity index is 548. The molecule has 0 radical (unpaired) electrons. The predicted molar refractivity (Wildman–Crippen MR) is 80.6 cm³/mol. The Hall–Kier alpha value is -0.0200. The van der Waals surface area contributed by atoms with E-state index in [0.29, 0.717) is 0 Å². The van der Waals surface area contributed by atoms with E-state index in [2.05, 4.69) is 35.8 Å². The van der Waals surface area contributed by atoms with Gasteiger partial charge in [0.15, 0.2) is 0 Å². The summed E-state index contributed by atoms with van der Waals surface area (Å²) in [4.78, 5) is 1.09. The van der Waals surface area contributed by atoms with E-state index in [1.807, 2.05) is 17.5 Å². The van der Waals surface area contributed by atoms with E-state index in [9.17, 15) is 0 Å². The van der Waals surface area contributed by atoms with Crippen LogP contribution in [-0.4, -0.2) is 0 Å². The average molecular weight is 350 g/mol. The molecule has 90 valence electrons. The first-order chi connectivity index (χ1) is 8.00. The SMILES string of the molecule is Cc1cc(Cl)c(C(Cl)c2sccc2Br)cc1C. The van der Waals surface area contributed by atoms with Crippen LogP contribution in [0.4, 0.5) is 0 Å². The van der Waals surface area contributed by atoms with Crippen molar-refractivity contribution < 1.29 is 0 Å². The molecule has 0 fully saturated rings. The molecule has 0 N–H and O–H groups in total. The number of rotatable bonds is 2. The first kappa shape index (κ1) is 13.4. The highest BCUT2D eigenvalue weighted by molar-refractivity contribution is 9.10. The fourth-order valence-corrected chi connectivity index (χ4v) is 4.19. The third-order valence-corrected chi connectivity index (χ3v) is 5.61. The second-order valence-corrected chi connectivity index (χ2v) is 6.60. The molecule has 0 saturated heterocycles. The van der Waals surface area contributed by atoms with Gasteiger partial charge in [-0.1, -0.05) is 17.7 Å². The molecule has 0 saturated carbocycles. The molecule has 1 atom stereocenters. The van der Waals surface area contributed by atoms with Gasteiger partial charge < -0.3 is 0 Å². The Labute approximate surface area is 124 Å². The molecular formula is C13H11BrCl2S. The Balaban J connectivity index is 2.48. The lowest BCUT2D eigenvalue weighted by Gasteiger charge is -2.13. The zero-order chi connectivity index (χ0) is 12.6. The van der Waals surface area contributed by atoms with Crippen LogP contribution in [0.5, 0.6) is 0 Å². The quantitative estimate of drug-likeness (QED) is 0.574. The molecule has 4 heteroatoms. The maximum absolute atomic E-state index is 6.50. The molecule has 0 amide bonds. The molecule has 0 nitrogen and oxygen atoms in total. The molecule has 2 aromatic rings. The van der Waals surface area contributed by atoms with Crippen LogP contribution >= 0.6 is 50.5 Å². The second kappa shape index (κ2) is 5.31. The maximum atomic E-state index is 6.50. The Kier molecular flexibility index (Phi) is 4.19. The monoisotopic (exact) mass is 348 g/mol. The van der Waals surface area contributed by atoms with Gasteiger partial charge in [-0.2, -0.15) is 0 Å². The van der Waals surface area contributed by atoms with Crippen molar-refractivity contribution in [2.45, 2.75) is 19.2 Å². The number of thiophene rings is 1.